The van der Waals surface area contributed by atoms with E-state index in [4.69, 9.17) is 5.26 Å². The molecule has 0 aliphatic rings. The van der Waals surface area contributed by atoms with Crippen LogP contribution in [0.3, 0.4) is 0 Å². The van der Waals surface area contributed by atoms with Crippen LogP contribution in [0, 0.1) is 18.3 Å². The summed E-state index contributed by atoms with van der Waals surface area (Å²) < 4.78 is 1.66. The van der Waals surface area contributed by atoms with Gasteiger partial charge in [0.05, 0.1) is 11.8 Å². The van der Waals surface area contributed by atoms with Crippen molar-refractivity contribution in [2.45, 2.75) is 27.3 Å². The molecular formula is C11H16N4O. The third-order valence-electron chi connectivity index (χ3n) is 2.35. The summed E-state index contributed by atoms with van der Waals surface area (Å²) in [7, 11) is 0. The molecule has 16 heavy (non-hydrogen) atoms. The van der Waals surface area contributed by atoms with Crippen LogP contribution in [0.1, 0.15) is 30.0 Å². The maximum absolute atomic E-state index is 12.1. The average molecular weight is 220 g/mol. The molecule has 0 bridgehead atoms. The Balaban J connectivity index is 2.98. The molecule has 86 valence electrons. The largest absolute Gasteiger partial charge is 0.324 e. The number of nitriles is 1. The van der Waals surface area contributed by atoms with Gasteiger partial charge in [-0.1, -0.05) is 0 Å². The molecule has 1 amide bonds. The molecule has 1 rings (SSSR count). The number of carbonyl (C=O) groups is 1. The van der Waals surface area contributed by atoms with Crippen molar-refractivity contribution in [3.63, 3.8) is 0 Å². The molecule has 0 saturated heterocycles. The molecule has 1 aromatic heterocycles. The van der Waals surface area contributed by atoms with Gasteiger partial charge in [0.1, 0.15) is 12.2 Å². The topological polar surface area (TPSA) is 61.9 Å². The van der Waals surface area contributed by atoms with Crippen LogP contribution in [0.25, 0.3) is 0 Å². The van der Waals surface area contributed by atoms with E-state index < -0.39 is 0 Å². The second kappa shape index (κ2) is 5.31. The van der Waals surface area contributed by atoms with Crippen LogP contribution in [-0.4, -0.2) is 33.7 Å². The molecule has 0 unspecified atom stereocenters. The van der Waals surface area contributed by atoms with Gasteiger partial charge < -0.3 is 4.90 Å². The second-order valence-corrected chi connectivity index (χ2v) is 3.46. The molecule has 0 fully saturated rings. The minimum absolute atomic E-state index is 0.114. The van der Waals surface area contributed by atoms with E-state index in [-0.39, 0.29) is 12.5 Å². The van der Waals surface area contributed by atoms with Gasteiger partial charge in [-0.2, -0.15) is 10.4 Å². The maximum Gasteiger partial charge on any atom is 0.272 e. The molecular weight excluding hydrogens is 204 g/mol. The quantitative estimate of drug-likeness (QED) is 0.716. The Bertz CT molecular complexity index is 416. The molecule has 5 heteroatoms. The zero-order chi connectivity index (χ0) is 12.1. The van der Waals surface area contributed by atoms with Crippen LogP contribution in [-0.2, 0) is 6.54 Å². The summed E-state index contributed by atoms with van der Waals surface area (Å²) in [6.45, 7) is 6.94. The lowest BCUT2D eigenvalue weighted by atomic mass is 10.3. The van der Waals surface area contributed by atoms with Gasteiger partial charge in [-0.25, -0.2) is 0 Å². The highest BCUT2D eigenvalue weighted by molar-refractivity contribution is 5.92. The Morgan fingerprint density at radius 2 is 2.31 bits per heavy atom. The molecule has 0 aliphatic carbocycles. The van der Waals surface area contributed by atoms with Crippen molar-refractivity contribution in [3.8, 4) is 6.07 Å². The van der Waals surface area contributed by atoms with E-state index in [0.717, 1.165) is 5.69 Å². The first-order valence-electron chi connectivity index (χ1n) is 5.34. The highest BCUT2D eigenvalue weighted by Crippen LogP contribution is 2.07. The maximum atomic E-state index is 12.1. The van der Waals surface area contributed by atoms with Gasteiger partial charge in [0.2, 0.25) is 0 Å². The van der Waals surface area contributed by atoms with Crippen molar-refractivity contribution in [3.05, 3.63) is 17.5 Å². The van der Waals surface area contributed by atoms with Crippen molar-refractivity contribution >= 4 is 5.91 Å². The number of carbonyl (C=O) groups excluding carboxylic acids is 1. The molecule has 5 nitrogen and oxygen atoms in total. The monoisotopic (exact) mass is 220 g/mol. The number of nitrogens with zero attached hydrogens (tertiary/aromatic N) is 4. The van der Waals surface area contributed by atoms with Crippen LogP contribution >= 0.6 is 0 Å². The second-order valence-electron chi connectivity index (χ2n) is 3.46. The van der Waals surface area contributed by atoms with Crippen molar-refractivity contribution in [1.29, 1.82) is 5.26 Å². The van der Waals surface area contributed by atoms with E-state index in [2.05, 4.69) is 5.10 Å². The Hall–Kier alpha value is -1.83. The Labute approximate surface area is 95.3 Å². The number of aromatic nitrogens is 2. The van der Waals surface area contributed by atoms with Gasteiger partial charge in [-0.05, 0) is 26.8 Å². The Kier molecular flexibility index (Phi) is 4.06. The molecule has 0 N–H and O–H groups in total. The molecule has 1 aromatic rings. The van der Waals surface area contributed by atoms with Gasteiger partial charge in [0.15, 0.2) is 0 Å². The summed E-state index contributed by atoms with van der Waals surface area (Å²) in [5.41, 5.74) is 1.37. The summed E-state index contributed by atoms with van der Waals surface area (Å²) >= 11 is 0. The molecule has 0 aromatic carbocycles. The summed E-state index contributed by atoms with van der Waals surface area (Å²) in [5.74, 6) is -0.133. The first-order chi connectivity index (χ1) is 7.63. The molecule has 0 radical (unpaired) electrons. The normalized spacial score (nSPS) is 9.88. The highest BCUT2D eigenvalue weighted by atomic mass is 16.2. The van der Waals surface area contributed by atoms with E-state index in [1.54, 1.807) is 10.7 Å². The zero-order valence-electron chi connectivity index (χ0n) is 9.90. The minimum Gasteiger partial charge on any atom is -0.324 e. The first-order valence-corrected chi connectivity index (χ1v) is 5.34. The van der Waals surface area contributed by atoms with Crippen LogP contribution in [0.2, 0.25) is 0 Å². The Morgan fingerprint density at radius 3 is 2.81 bits per heavy atom. The van der Waals surface area contributed by atoms with Crippen LogP contribution < -0.4 is 0 Å². The van der Waals surface area contributed by atoms with E-state index in [0.29, 0.717) is 18.8 Å². The third kappa shape index (κ3) is 2.40. The Morgan fingerprint density at radius 1 is 1.62 bits per heavy atom. The molecule has 0 atom stereocenters. The fourth-order valence-corrected chi connectivity index (χ4v) is 1.53. The number of hydrogen-bond donors (Lipinski definition) is 0. The standard InChI is InChI=1S/C11H16N4O/c1-4-14(7-6-12)11(16)10-8-9(3)13-15(10)5-2/h8H,4-5,7H2,1-3H3. The number of amides is 1. The molecule has 0 aliphatic heterocycles. The fraction of sp³-hybridized carbons (Fsp3) is 0.545. The van der Waals surface area contributed by atoms with E-state index in [1.165, 1.54) is 4.90 Å². The lowest BCUT2D eigenvalue weighted by Crippen LogP contribution is -2.32. The highest BCUT2D eigenvalue weighted by Gasteiger charge is 2.18. The molecule has 0 saturated carbocycles. The van der Waals surface area contributed by atoms with Gasteiger partial charge in [-0.15, -0.1) is 0 Å². The number of rotatable bonds is 4. The minimum atomic E-state index is -0.133. The number of aryl methyl sites for hydroxylation is 2. The van der Waals surface area contributed by atoms with Crippen LogP contribution in [0.15, 0.2) is 6.07 Å². The smallest absolute Gasteiger partial charge is 0.272 e. The molecule has 0 spiro atoms. The summed E-state index contributed by atoms with van der Waals surface area (Å²) in [6.07, 6.45) is 0. The lowest BCUT2D eigenvalue weighted by molar-refractivity contribution is 0.0772. The summed E-state index contributed by atoms with van der Waals surface area (Å²) in [4.78, 5) is 13.6. The van der Waals surface area contributed by atoms with Gasteiger partial charge >= 0.3 is 0 Å². The van der Waals surface area contributed by atoms with Gasteiger partial charge in [0, 0.05) is 13.1 Å². The van der Waals surface area contributed by atoms with Gasteiger partial charge in [-0.3, -0.25) is 9.48 Å². The zero-order valence-corrected chi connectivity index (χ0v) is 9.90. The van der Waals surface area contributed by atoms with Gasteiger partial charge in [0.25, 0.3) is 5.91 Å². The summed E-state index contributed by atoms with van der Waals surface area (Å²) in [6, 6.07) is 3.74. The van der Waals surface area contributed by atoms with E-state index in [9.17, 15) is 4.79 Å². The van der Waals surface area contributed by atoms with Crippen LogP contribution in [0.4, 0.5) is 0 Å². The summed E-state index contributed by atoms with van der Waals surface area (Å²) in [5, 5.41) is 12.8. The van der Waals surface area contributed by atoms with Crippen LogP contribution in [0.5, 0.6) is 0 Å². The molecule has 1 heterocycles. The fourth-order valence-electron chi connectivity index (χ4n) is 1.53. The number of hydrogen-bond acceptors (Lipinski definition) is 3. The van der Waals surface area contributed by atoms with Crippen molar-refractivity contribution in [2.75, 3.05) is 13.1 Å². The van der Waals surface area contributed by atoms with Crippen molar-refractivity contribution in [2.24, 2.45) is 0 Å². The SMILES string of the molecule is CCN(CC#N)C(=O)c1cc(C)nn1CC. The van der Waals surface area contributed by atoms with Crippen molar-refractivity contribution in [1.82, 2.24) is 14.7 Å². The first kappa shape index (κ1) is 12.2. The van der Waals surface area contributed by atoms with Crippen molar-refractivity contribution < 1.29 is 4.79 Å². The van der Waals surface area contributed by atoms with E-state index >= 15 is 0 Å². The lowest BCUT2D eigenvalue weighted by Gasteiger charge is -2.17. The van der Waals surface area contributed by atoms with E-state index in [1.807, 2.05) is 26.8 Å². The third-order valence-corrected chi connectivity index (χ3v) is 2.35. The predicted molar refractivity (Wildman–Crippen MR) is 59.8 cm³/mol. The average Bonchev–Trinajstić information content (AvgIpc) is 2.66. The predicted octanol–water partition coefficient (Wildman–Crippen LogP) is 1.20.